The van der Waals surface area contributed by atoms with E-state index < -0.39 is 0 Å². The summed E-state index contributed by atoms with van der Waals surface area (Å²) >= 11 is 0. The van der Waals surface area contributed by atoms with E-state index >= 15 is 0 Å². The molecular formula is C16H23N3. The third-order valence-electron chi connectivity index (χ3n) is 4.20. The van der Waals surface area contributed by atoms with Crippen LogP contribution in [0.1, 0.15) is 12.5 Å². The van der Waals surface area contributed by atoms with Gasteiger partial charge in [0.25, 0.3) is 0 Å². The maximum atomic E-state index is 2.57. The van der Waals surface area contributed by atoms with Crippen molar-refractivity contribution in [1.29, 1.82) is 0 Å². The molecule has 1 fully saturated rings. The number of hydrogen-bond acceptors (Lipinski definition) is 2. The zero-order valence-electron chi connectivity index (χ0n) is 12.0. The summed E-state index contributed by atoms with van der Waals surface area (Å²) in [5, 5.41) is 1.42. The fraction of sp³-hybridized carbons (Fsp3) is 0.500. The van der Waals surface area contributed by atoms with E-state index in [1.807, 2.05) is 0 Å². The van der Waals surface area contributed by atoms with Crippen LogP contribution in [0.15, 0.2) is 30.5 Å². The summed E-state index contributed by atoms with van der Waals surface area (Å²) in [6, 6.07) is 8.77. The smallest absolute Gasteiger partial charge is 0.0483 e. The maximum absolute atomic E-state index is 2.57. The van der Waals surface area contributed by atoms with Gasteiger partial charge >= 0.3 is 0 Å². The highest BCUT2D eigenvalue weighted by atomic mass is 15.2. The summed E-state index contributed by atoms with van der Waals surface area (Å²) in [6.07, 6.45) is 2.34. The van der Waals surface area contributed by atoms with Crippen LogP contribution in [0.2, 0.25) is 0 Å². The Balaban J connectivity index is 1.84. The standard InChI is InChI=1S/C16H23N3/c1-3-19-13-14(15-6-4-5-7-16(15)19)12-18-10-8-17(2)9-11-18/h4-7,13H,3,8-12H2,1-2H3. The van der Waals surface area contributed by atoms with Crippen molar-refractivity contribution < 1.29 is 0 Å². The normalized spacial score (nSPS) is 18.2. The molecule has 0 amide bonds. The van der Waals surface area contributed by atoms with Crippen molar-refractivity contribution in [1.82, 2.24) is 14.4 Å². The fourth-order valence-corrected chi connectivity index (χ4v) is 2.96. The highest BCUT2D eigenvalue weighted by molar-refractivity contribution is 5.83. The second-order valence-corrected chi connectivity index (χ2v) is 5.54. The van der Waals surface area contributed by atoms with Crippen molar-refractivity contribution in [2.45, 2.75) is 20.0 Å². The Morgan fingerprint density at radius 2 is 1.79 bits per heavy atom. The highest BCUT2D eigenvalue weighted by Crippen LogP contribution is 2.23. The molecule has 19 heavy (non-hydrogen) atoms. The molecule has 3 rings (SSSR count). The monoisotopic (exact) mass is 257 g/mol. The molecule has 0 spiro atoms. The second kappa shape index (κ2) is 5.35. The van der Waals surface area contributed by atoms with Gasteiger partial charge in [-0.3, -0.25) is 4.90 Å². The summed E-state index contributed by atoms with van der Waals surface area (Å²) in [6.45, 7) is 9.08. The minimum Gasteiger partial charge on any atom is -0.347 e. The largest absolute Gasteiger partial charge is 0.347 e. The Morgan fingerprint density at radius 3 is 2.53 bits per heavy atom. The van der Waals surface area contributed by atoms with Crippen LogP contribution in [0, 0.1) is 0 Å². The van der Waals surface area contributed by atoms with Crippen molar-refractivity contribution in [3.05, 3.63) is 36.0 Å². The van der Waals surface area contributed by atoms with Gasteiger partial charge in [0.05, 0.1) is 0 Å². The molecule has 1 saturated heterocycles. The Morgan fingerprint density at radius 1 is 1.05 bits per heavy atom. The minimum absolute atomic E-state index is 1.04. The van der Waals surface area contributed by atoms with Gasteiger partial charge in [0.15, 0.2) is 0 Å². The van der Waals surface area contributed by atoms with E-state index in [0.29, 0.717) is 0 Å². The number of likely N-dealkylation sites (N-methyl/N-ethyl adjacent to an activating group) is 1. The summed E-state index contributed by atoms with van der Waals surface area (Å²) in [7, 11) is 2.21. The molecule has 0 unspecified atom stereocenters. The Bertz CT molecular complexity index is 550. The van der Waals surface area contributed by atoms with Crippen LogP contribution in [0.25, 0.3) is 10.9 Å². The lowest BCUT2D eigenvalue weighted by molar-refractivity contribution is 0.148. The lowest BCUT2D eigenvalue weighted by atomic mass is 10.1. The van der Waals surface area contributed by atoms with E-state index in [1.54, 1.807) is 0 Å². The van der Waals surface area contributed by atoms with E-state index in [4.69, 9.17) is 0 Å². The molecular weight excluding hydrogens is 234 g/mol. The molecule has 1 aromatic heterocycles. The van der Waals surface area contributed by atoms with Crippen LogP contribution >= 0.6 is 0 Å². The molecule has 0 atom stereocenters. The van der Waals surface area contributed by atoms with Crippen LogP contribution in [0.5, 0.6) is 0 Å². The summed E-state index contributed by atoms with van der Waals surface area (Å²) in [5.74, 6) is 0. The molecule has 1 aliphatic rings. The van der Waals surface area contributed by atoms with Crippen molar-refractivity contribution in [2.24, 2.45) is 0 Å². The second-order valence-electron chi connectivity index (χ2n) is 5.54. The Kier molecular flexibility index (Phi) is 3.58. The predicted octanol–water partition coefficient (Wildman–Crippen LogP) is 2.41. The number of aryl methyl sites for hydroxylation is 1. The van der Waals surface area contributed by atoms with Gasteiger partial charge in [-0.1, -0.05) is 18.2 Å². The van der Waals surface area contributed by atoms with Gasteiger partial charge in [-0.25, -0.2) is 0 Å². The van der Waals surface area contributed by atoms with E-state index in [9.17, 15) is 0 Å². The first kappa shape index (κ1) is 12.7. The molecule has 0 saturated carbocycles. The first-order valence-corrected chi connectivity index (χ1v) is 7.25. The van der Waals surface area contributed by atoms with Gasteiger partial charge in [0.1, 0.15) is 0 Å². The van der Waals surface area contributed by atoms with Crippen LogP contribution < -0.4 is 0 Å². The predicted molar refractivity (Wildman–Crippen MR) is 80.4 cm³/mol. The lowest BCUT2D eigenvalue weighted by Crippen LogP contribution is -2.43. The van der Waals surface area contributed by atoms with Crippen LogP contribution in [0.4, 0.5) is 0 Å². The maximum Gasteiger partial charge on any atom is 0.0483 e. The van der Waals surface area contributed by atoms with Crippen molar-refractivity contribution in [3.63, 3.8) is 0 Å². The minimum atomic E-state index is 1.04. The number of hydrogen-bond donors (Lipinski definition) is 0. The van der Waals surface area contributed by atoms with Crippen LogP contribution in [0.3, 0.4) is 0 Å². The molecule has 2 aromatic rings. The van der Waals surface area contributed by atoms with Gasteiger partial charge < -0.3 is 9.47 Å². The first-order valence-electron chi connectivity index (χ1n) is 7.25. The lowest BCUT2D eigenvalue weighted by Gasteiger charge is -2.32. The zero-order chi connectivity index (χ0) is 13.2. The number of piperazine rings is 1. The van der Waals surface area contributed by atoms with Crippen LogP contribution in [-0.4, -0.2) is 47.6 Å². The van der Waals surface area contributed by atoms with E-state index in [1.165, 1.54) is 42.6 Å². The summed E-state index contributed by atoms with van der Waals surface area (Å²) < 4.78 is 2.36. The summed E-state index contributed by atoms with van der Waals surface area (Å²) in [4.78, 5) is 4.98. The third kappa shape index (κ3) is 2.53. The Hall–Kier alpha value is -1.32. The molecule has 1 aromatic carbocycles. The van der Waals surface area contributed by atoms with Crippen molar-refractivity contribution >= 4 is 10.9 Å². The van der Waals surface area contributed by atoms with Gasteiger partial charge in [-0.05, 0) is 25.6 Å². The van der Waals surface area contributed by atoms with Gasteiger partial charge in [0, 0.05) is 56.4 Å². The van der Waals surface area contributed by atoms with Crippen molar-refractivity contribution in [2.75, 3.05) is 33.2 Å². The molecule has 0 bridgehead atoms. The molecule has 2 heterocycles. The van der Waals surface area contributed by atoms with Gasteiger partial charge in [0.2, 0.25) is 0 Å². The Labute approximate surface area is 115 Å². The van der Waals surface area contributed by atoms with Crippen LogP contribution in [-0.2, 0) is 13.1 Å². The number of benzene rings is 1. The molecule has 3 heteroatoms. The van der Waals surface area contributed by atoms with Gasteiger partial charge in [-0.15, -0.1) is 0 Å². The third-order valence-corrected chi connectivity index (χ3v) is 4.20. The molecule has 0 radical (unpaired) electrons. The molecule has 3 nitrogen and oxygen atoms in total. The average Bonchev–Trinajstić information content (AvgIpc) is 2.80. The molecule has 0 aliphatic carbocycles. The van der Waals surface area contributed by atoms with E-state index in [0.717, 1.165) is 13.1 Å². The highest BCUT2D eigenvalue weighted by Gasteiger charge is 2.16. The first-order chi connectivity index (χ1) is 9.28. The SMILES string of the molecule is CCn1cc(CN2CCN(C)CC2)c2ccccc21. The zero-order valence-corrected chi connectivity index (χ0v) is 12.0. The van der Waals surface area contributed by atoms with Gasteiger partial charge in [-0.2, -0.15) is 0 Å². The quantitative estimate of drug-likeness (QED) is 0.836. The van der Waals surface area contributed by atoms with E-state index in [2.05, 4.69) is 58.8 Å². The van der Waals surface area contributed by atoms with Crippen molar-refractivity contribution in [3.8, 4) is 0 Å². The van der Waals surface area contributed by atoms with E-state index in [-0.39, 0.29) is 0 Å². The summed E-state index contributed by atoms with van der Waals surface area (Å²) in [5.41, 5.74) is 2.84. The number of nitrogens with zero attached hydrogens (tertiary/aromatic N) is 3. The topological polar surface area (TPSA) is 11.4 Å². The molecule has 0 N–H and O–H groups in total. The number of para-hydroxylation sites is 1. The number of rotatable bonds is 3. The number of aromatic nitrogens is 1. The molecule has 102 valence electrons. The average molecular weight is 257 g/mol. The molecule has 1 aliphatic heterocycles. The fourth-order valence-electron chi connectivity index (χ4n) is 2.96. The number of fused-ring (bicyclic) bond motifs is 1.